The number of hydrogen-bond donors (Lipinski definition) is 2. The van der Waals surface area contributed by atoms with E-state index in [0.29, 0.717) is 5.56 Å². The molecule has 0 amide bonds. The monoisotopic (exact) mass is 266 g/mol. The van der Waals surface area contributed by atoms with Crippen LogP contribution < -0.4 is 0 Å². The second-order valence-corrected chi connectivity index (χ2v) is 3.67. The summed E-state index contributed by atoms with van der Waals surface area (Å²) in [6.07, 6.45) is -1.22. The highest BCUT2D eigenvalue weighted by atomic mass is 79.9. The van der Waals surface area contributed by atoms with E-state index < -0.39 is 17.9 Å². The topological polar surface area (TPSA) is 40.5 Å². The van der Waals surface area contributed by atoms with Gasteiger partial charge in [-0.2, -0.15) is 0 Å². The van der Waals surface area contributed by atoms with Crippen molar-refractivity contribution in [3.05, 3.63) is 33.8 Å². The fraction of sp³-hybridized carbons (Fsp3) is 0.333. The van der Waals surface area contributed by atoms with E-state index in [9.17, 15) is 8.78 Å². The van der Waals surface area contributed by atoms with Gasteiger partial charge in [-0.15, -0.1) is 0 Å². The van der Waals surface area contributed by atoms with E-state index in [2.05, 4.69) is 15.9 Å². The average Bonchev–Trinajstić information content (AvgIpc) is 2.08. The van der Waals surface area contributed by atoms with Gasteiger partial charge in [0, 0.05) is 12.5 Å². The van der Waals surface area contributed by atoms with Gasteiger partial charge in [-0.25, -0.2) is 8.78 Å². The summed E-state index contributed by atoms with van der Waals surface area (Å²) in [5, 5.41) is 17.2. The zero-order chi connectivity index (χ0) is 10.7. The summed E-state index contributed by atoms with van der Waals surface area (Å²) in [6.45, 7) is 0. The van der Waals surface area contributed by atoms with Crippen LogP contribution in [0.2, 0.25) is 0 Å². The fourth-order valence-corrected chi connectivity index (χ4v) is 1.50. The Hall–Kier alpha value is -0.520. The number of hydrogen-bond acceptors (Lipinski definition) is 2. The van der Waals surface area contributed by atoms with E-state index in [0.717, 1.165) is 12.1 Å². The molecule has 1 rings (SSSR count). The SMILES string of the molecule is OC(O)CCc1cc(F)cc(F)c1Br. The molecular formula is C9H9BrF2O2. The van der Waals surface area contributed by atoms with Crippen molar-refractivity contribution >= 4 is 15.9 Å². The van der Waals surface area contributed by atoms with Crippen LogP contribution in [0.3, 0.4) is 0 Å². The van der Waals surface area contributed by atoms with Crippen LogP contribution in [0.25, 0.3) is 0 Å². The summed E-state index contributed by atoms with van der Waals surface area (Å²) in [5.74, 6) is -1.36. The number of rotatable bonds is 3. The second-order valence-electron chi connectivity index (χ2n) is 2.88. The molecule has 1 aromatic rings. The van der Waals surface area contributed by atoms with Crippen LogP contribution in [0.15, 0.2) is 16.6 Å². The Labute approximate surface area is 88.3 Å². The molecule has 2 nitrogen and oxygen atoms in total. The Bertz CT molecular complexity index is 329. The smallest absolute Gasteiger partial charge is 0.151 e. The van der Waals surface area contributed by atoms with Crippen LogP contribution in [0.4, 0.5) is 8.78 Å². The summed E-state index contributed by atoms with van der Waals surface area (Å²) in [4.78, 5) is 0. The van der Waals surface area contributed by atoms with E-state index in [-0.39, 0.29) is 17.3 Å². The molecule has 0 atom stereocenters. The molecule has 0 spiro atoms. The van der Waals surface area contributed by atoms with Gasteiger partial charge in [-0.1, -0.05) is 0 Å². The van der Waals surface area contributed by atoms with Crippen molar-refractivity contribution in [1.82, 2.24) is 0 Å². The Balaban J connectivity index is 2.85. The maximum atomic E-state index is 13.0. The van der Waals surface area contributed by atoms with Crippen molar-refractivity contribution in [3.8, 4) is 0 Å². The van der Waals surface area contributed by atoms with Crippen molar-refractivity contribution in [3.63, 3.8) is 0 Å². The highest BCUT2D eigenvalue weighted by Crippen LogP contribution is 2.23. The predicted molar refractivity (Wildman–Crippen MR) is 50.6 cm³/mol. The molecule has 0 fully saturated rings. The number of halogens is 3. The van der Waals surface area contributed by atoms with Crippen molar-refractivity contribution in [1.29, 1.82) is 0 Å². The van der Waals surface area contributed by atoms with Crippen molar-refractivity contribution in [2.24, 2.45) is 0 Å². The van der Waals surface area contributed by atoms with Crippen LogP contribution in [0, 0.1) is 11.6 Å². The molecule has 0 unspecified atom stereocenters. The lowest BCUT2D eigenvalue weighted by Crippen LogP contribution is -2.06. The van der Waals surface area contributed by atoms with Gasteiger partial charge >= 0.3 is 0 Å². The largest absolute Gasteiger partial charge is 0.368 e. The van der Waals surface area contributed by atoms with Crippen LogP contribution in [-0.2, 0) is 6.42 Å². The zero-order valence-electron chi connectivity index (χ0n) is 7.17. The molecule has 0 aliphatic heterocycles. The maximum Gasteiger partial charge on any atom is 0.151 e. The van der Waals surface area contributed by atoms with Gasteiger partial charge in [-0.05, 0) is 34.0 Å². The van der Waals surface area contributed by atoms with Gasteiger partial charge in [0.1, 0.15) is 11.6 Å². The molecule has 0 saturated heterocycles. The summed E-state index contributed by atoms with van der Waals surface area (Å²) in [7, 11) is 0. The molecule has 1 aromatic carbocycles. The van der Waals surface area contributed by atoms with Crippen LogP contribution >= 0.6 is 15.9 Å². The molecule has 0 aliphatic carbocycles. The minimum Gasteiger partial charge on any atom is -0.368 e. The number of aryl methyl sites for hydroxylation is 1. The quantitative estimate of drug-likeness (QED) is 0.649. The minimum atomic E-state index is -1.46. The lowest BCUT2D eigenvalue weighted by Gasteiger charge is -2.06. The Morgan fingerprint density at radius 2 is 1.93 bits per heavy atom. The van der Waals surface area contributed by atoms with Gasteiger partial charge in [0.2, 0.25) is 0 Å². The molecule has 78 valence electrons. The fourth-order valence-electron chi connectivity index (χ4n) is 1.08. The lowest BCUT2D eigenvalue weighted by atomic mass is 10.1. The third-order valence-corrected chi connectivity index (χ3v) is 2.63. The molecule has 0 aliphatic rings. The maximum absolute atomic E-state index is 13.0. The highest BCUT2D eigenvalue weighted by Gasteiger charge is 2.09. The summed E-state index contributed by atoms with van der Waals surface area (Å²) >= 11 is 2.96. The van der Waals surface area contributed by atoms with Crippen LogP contribution in [-0.4, -0.2) is 16.5 Å². The van der Waals surface area contributed by atoms with Gasteiger partial charge in [0.25, 0.3) is 0 Å². The van der Waals surface area contributed by atoms with Crippen LogP contribution in [0.1, 0.15) is 12.0 Å². The Kier molecular flexibility index (Phi) is 3.97. The van der Waals surface area contributed by atoms with Crippen molar-refractivity contribution in [2.45, 2.75) is 19.1 Å². The van der Waals surface area contributed by atoms with Crippen LogP contribution in [0.5, 0.6) is 0 Å². The first-order valence-electron chi connectivity index (χ1n) is 4.00. The summed E-state index contributed by atoms with van der Waals surface area (Å²) in [5.41, 5.74) is 0.385. The van der Waals surface area contributed by atoms with E-state index in [1.807, 2.05) is 0 Å². The van der Waals surface area contributed by atoms with E-state index in [4.69, 9.17) is 10.2 Å². The molecule has 14 heavy (non-hydrogen) atoms. The first-order valence-corrected chi connectivity index (χ1v) is 4.79. The zero-order valence-corrected chi connectivity index (χ0v) is 8.76. The molecule has 2 N–H and O–H groups in total. The van der Waals surface area contributed by atoms with Crippen molar-refractivity contribution < 1.29 is 19.0 Å². The van der Waals surface area contributed by atoms with E-state index >= 15 is 0 Å². The van der Waals surface area contributed by atoms with Gasteiger partial charge in [0.15, 0.2) is 6.29 Å². The first kappa shape index (κ1) is 11.6. The standard InChI is InChI=1S/C9H9BrF2O2/c10-9-5(1-2-8(13)14)3-6(11)4-7(9)12/h3-4,8,13-14H,1-2H2. The van der Waals surface area contributed by atoms with E-state index in [1.165, 1.54) is 0 Å². The lowest BCUT2D eigenvalue weighted by molar-refractivity contribution is -0.0447. The molecule has 0 saturated carbocycles. The third kappa shape index (κ3) is 3.01. The molecule has 0 bridgehead atoms. The molecule has 0 heterocycles. The van der Waals surface area contributed by atoms with Gasteiger partial charge < -0.3 is 10.2 Å². The molecule has 0 aromatic heterocycles. The predicted octanol–water partition coefficient (Wildman–Crippen LogP) is 1.97. The Morgan fingerprint density at radius 1 is 1.29 bits per heavy atom. The van der Waals surface area contributed by atoms with Gasteiger partial charge in [0.05, 0.1) is 4.47 Å². The molecule has 0 radical (unpaired) electrons. The minimum absolute atomic E-state index is 0.0431. The average molecular weight is 267 g/mol. The highest BCUT2D eigenvalue weighted by molar-refractivity contribution is 9.10. The Morgan fingerprint density at radius 3 is 2.50 bits per heavy atom. The van der Waals surface area contributed by atoms with Crippen molar-refractivity contribution in [2.75, 3.05) is 0 Å². The molecular weight excluding hydrogens is 258 g/mol. The second kappa shape index (κ2) is 4.82. The summed E-state index contributed by atoms with van der Waals surface area (Å²) < 4.78 is 25.9. The first-order chi connectivity index (χ1) is 6.50. The number of aliphatic hydroxyl groups excluding tert-OH is 1. The number of aliphatic hydroxyl groups is 2. The van der Waals surface area contributed by atoms with Gasteiger partial charge in [-0.3, -0.25) is 0 Å². The molecule has 5 heteroatoms. The normalized spacial score (nSPS) is 11.0. The third-order valence-electron chi connectivity index (χ3n) is 1.74. The number of benzene rings is 1. The summed E-state index contributed by atoms with van der Waals surface area (Å²) in [6, 6.07) is 1.93. The van der Waals surface area contributed by atoms with E-state index in [1.54, 1.807) is 0 Å².